The topological polar surface area (TPSA) is 81.2 Å². The highest BCUT2D eigenvalue weighted by atomic mass is 79.9. The van der Waals surface area contributed by atoms with E-state index in [0.29, 0.717) is 4.60 Å². The van der Waals surface area contributed by atoms with Crippen molar-refractivity contribution in [1.82, 2.24) is 9.97 Å². The van der Waals surface area contributed by atoms with Gasteiger partial charge in [0.05, 0.1) is 11.1 Å². The molecule has 0 saturated heterocycles. The van der Waals surface area contributed by atoms with E-state index >= 15 is 0 Å². The number of anilines is 1. The molecule has 0 saturated carbocycles. The standard InChI is InChI=1S/C24H20BrN3O3S/c1-17-11-13-20(14-12-17)32(29,30)28-23-24(27-22(25)15-26-23)31-16-19-9-5-6-10-21(19)18-7-3-2-4-8-18/h2-15H,16H2,1H3,(H,26,28). The van der Waals surface area contributed by atoms with Gasteiger partial charge in [-0.25, -0.2) is 18.4 Å². The van der Waals surface area contributed by atoms with Crippen LogP contribution in [0.15, 0.2) is 94.6 Å². The van der Waals surface area contributed by atoms with E-state index in [1.165, 1.54) is 6.20 Å². The fourth-order valence-corrected chi connectivity index (χ4v) is 4.39. The number of hydrogen-bond acceptors (Lipinski definition) is 5. The second-order valence-electron chi connectivity index (χ2n) is 7.08. The number of ether oxygens (including phenoxy) is 1. The van der Waals surface area contributed by atoms with E-state index in [1.54, 1.807) is 24.3 Å². The molecule has 162 valence electrons. The molecule has 6 nitrogen and oxygen atoms in total. The van der Waals surface area contributed by atoms with Crippen LogP contribution in [0, 0.1) is 6.92 Å². The Morgan fingerprint density at radius 1 is 0.938 bits per heavy atom. The summed E-state index contributed by atoms with van der Waals surface area (Å²) < 4.78 is 34.5. The smallest absolute Gasteiger partial charge is 0.263 e. The summed E-state index contributed by atoms with van der Waals surface area (Å²) in [5.41, 5.74) is 3.99. The SMILES string of the molecule is Cc1ccc(S(=O)(=O)Nc2ncc(Br)nc2OCc2ccccc2-c2ccccc2)cc1. The van der Waals surface area contributed by atoms with Crippen molar-refractivity contribution in [2.45, 2.75) is 18.4 Å². The van der Waals surface area contributed by atoms with Crippen molar-refractivity contribution in [2.75, 3.05) is 4.72 Å². The second-order valence-corrected chi connectivity index (χ2v) is 9.57. The van der Waals surface area contributed by atoms with E-state index in [2.05, 4.69) is 30.6 Å². The Morgan fingerprint density at radius 3 is 2.38 bits per heavy atom. The van der Waals surface area contributed by atoms with Crippen molar-refractivity contribution in [3.05, 3.63) is 101 Å². The van der Waals surface area contributed by atoms with Gasteiger partial charge in [0.25, 0.3) is 15.9 Å². The lowest BCUT2D eigenvalue weighted by Gasteiger charge is -2.14. The van der Waals surface area contributed by atoms with Crippen molar-refractivity contribution in [3.8, 4) is 17.0 Å². The van der Waals surface area contributed by atoms with E-state index in [4.69, 9.17) is 4.74 Å². The van der Waals surface area contributed by atoms with Gasteiger partial charge in [0.15, 0.2) is 0 Å². The summed E-state index contributed by atoms with van der Waals surface area (Å²) in [5.74, 6) is 0.101. The molecule has 1 N–H and O–H groups in total. The van der Waals surface area contributed by atoms with Crippen LogP contribution in [-0.2, 0) is 16.6 Å². The Bertz CT molecular complexity index is 1330. The fraction of sp³-hybridized carbons (Fsp3) is 0.0833. The number of nitrogens with zero attached hydrogens (tertiary/aromatic N) is 2. The molecule has 0 amide bonds. The van der Waals surface area contributed by atoms with Crippen LogP contribution < -0.4 is 9.46 Å². The van der Waals surface area contributed by atoms with Crippen molar-refractivity contribution < 1.29 is 13.2 Å². The van der Waals surface area contributed by atoms with E-state index in [1.807, 2.05) is 61.5 Å². The number of benzene rings is 3. The number of rotatable bonds is 7. The van der Waals surface area contributed by atoms with E-state index < -0.39 is 10.0 Å². The van der Waals surface area contributed by atoms with Crippen LogP contribution >= 0.6 is 15.9 Å². The van der Waals surface area contributed by atoms with Gasteiger partial charge in [0.2, 0.25) is 5.82 Å². The molecule has 0 radical (unpaired) electrons. The highest BCUT2D eigenvalue weighted by Gasteiger charge is 2.19. The minimum absolute atomic E-state index is 0.0194. The lowest BCUT2D eigenvalue weighted by molar-refractivity contribution is 0.294. The Labute approximate surface area is 195 Å². The van der Waals surface area contributed by atoms with E-state index in [9.17, 15) is 8.42 Å². The lowest BCUT2D eigenvalue weighted by atomic mass is 10.0. The summed E-state index contributed by atoms with van der Waals surface area (Å²) in [5, 5.41) is 0. The third-order valence-corrected chi connectivity index (χ3v) is 6.48. The highest BCUT2D eigenvalue weighted by Crippen LogP contribution is 2.28. The molecule has 4 aromatic rings. The van der Waals surface area contributed by atoms with Gasteiger partial charge in [-0.1, -0.05) is 72.3 Å². The van der Waals surface area contributed by atoms with Crippen LogP contribution in [0.5, 0.6) is 5.88 Å². The largest absolute Gasteiger partial charge is 0.470 e. The molecular weight excluding hydrogens is 490 g/mol. The minimum atomic E-state index is -3.85. The number of sulfonamides is 1. The number of nitrogens with one attached hydrogen (secondary N) is 1. The minimum Gasteiger partial charge on any atom is -0.470 e. The molecule has 0 spiro atoms. The molecule has 3 aromatic carbocycles. The maximum Gasteiger partial charge on any atom is 0.263 e. The van der Waals surface area contributed by atoms with Gasteiger partial charge in [0, 0.05) is 0 Å². The zero-order valence-corrected chi connectivity index (χ0v) is 19.6. The molecule has 0 fully saturated rings. The fourth-order valence-electron chi connectivity index (χ4n) is 3.12. The van der Waals surface area contributed by atoms with Gasteiger partial charge in [0.1, 0.15) is 11.2 Å². The predicted molar refractivity (Wildman–Crippen MR) is 128 cm³/mol. The molecule has 0 aliphatic rings. The maximum atomic E-state index is 12.8. The summed E-state index contributed by atoms with van der Waals surface area (Å²) >= 11 is 3.28. The summed E-state index contributed by atoms with van der Waals surface area (Å²) in [4.78, 5) is 8.59. The third-order valence-electron chi connectivity index (χ3n) is 4.74. The first-order valence-electron chi connectivity index (χ1n) is 9.80. The Balaban J connectivity index is 1.60. The van der Waals surface area contributed by atoms with Gasteiger partial charge < -0.3 is 4.74 Å². The molecule has 0 bridgehead atoms. The van der Waals surface area contributed by atoms with Gasteiger partial charge >= 0.3 is 0 Å². The van der Waals surface area contributed by atoms with E-state index in [-0.39, 0.29) is 23.2 Å². The maximum absolute atomic E-state index is 12.8. The zero-order chi connectivity index (χ0) is 22.6. The highest BCUT2D eigenvalue weighted by molar-refractivity contribution is 9.10. The first-order valence-corrected chi connectivity index (χ1v) is 12.1. The van der Waals surface area contributed by atoms with E-state index in [0.717, 1.165) is 22.3 Å². The van der Waals surface area contributed by atoms with Gasteiger partial charge in [-0.3, -0.25) is 4.72 Å². The molecule has 1 heterocycles. The van der Waals surface area contributed by atoms with Gasteiger partial charge in [-0.05, 0) is 51.7 Å². The molecule has 0 atom stereocenters. The second kappa shape index (κ2) is 9.50. The molecule has 0 unspecified atom stereocenters. The molecule has 8 heteroatoms. The summed E-state index contributed by atoms with van der Waals surface area (Å²) in [6, 6.07) is 24.4. The summed E-state index contributed by atoms with van der Waals surface area (Å²) in [7, 11) is -3.85. The van der Waals surface area contributed by atoms with Gasteiger partial charge in [-0.15, -0.1) is 0 Å². The molecule has 4 rings (SSSR count). The molecular formula is C24H20BrN3O3S. The average molecular weight is 510 g/mol. The number of aromatic nitrogens is 2. The van der Waals surface area contributed by atoms with Crippen LogP contribution in [0.25, 0.3) is 11.1 Å². The summed E-state index contributed by atoms with van der Waals surface area (Å²) in [6.07, 6.45) is 1.41. The zero-order valence-electron chi connectivity index (χ0n) is 17.2. The van der Waals surface area contributed by atoms with Crippen LogP contribution in [0.3, 0.4) is 0 Å². The van der Waals surface area contributed by atoms with Crippen LogP contribution in [0.2, 0.25) is 0 Å². The lowest BCUT2D eigenvalue weighted by Crippen LogP contribution is -2.15. The molecule has 1 aromatic heterocycles. The third kappa shape index (κ3) is 5.15. The molecule has 32 heavy (non-hydrogen) atoms. The number of aryl methyl sites for hydroxylation is 1. The van der Waals surface area contributed by atoms with Crippen LogP contribution in [0.1, 0.15) is 11.1 Å². The van der Waals surface area contributed by atoms with Crippen molar-refractivity contribution in [1.29, 1.82) is 0 Å². The summed E-state index contributed by atoms with van der Waals surface area (Å²) in [6.45, 7) is 2.08. The Kier molecular flexibility index (Phi) is 6.53. The van der Waals surface area contributed by atoms with Crippen molar-refractivity contribution in [3.63, 3.8) is 0 Å². The predicted octanol–water partition coefficient (Wildman–Crippen LogP) is 5.59. The molecule has 0 aliphatic heterocycles. The van der Waals surface area contributed by atoms with Crippen molar-refractivity contribution >= 4 is 31.8 Å². The average Bonchev–Trinajstić information content (AvgIpc) is 2.80. The van der Waals surface area contributed by atoms with Gasteiger partial charge in [-0.2, -0.15) is 0 Å². The van der Waals surface area contributed by atoms with Crippen LogP contribution in [0.4, 0.5) is 5.82 Å². The quantitative estimate of drug-likeness (QED) is 0.350. The Hall–Kier alpha value is -3.23. The number of hydrogen-bond donors (Lipinski definition) is 1. The van der Waals surface area contributed by atoms with Crippen molar-refractivity contribution in [2.24, 2.45) is 0 Å². The monoisotopic (exact) mass is 509 g/mol. The molecule has 0 aliphatic carbocycles. The first-order chi connectivity index (χ1) is 15.4. The number of halogens is 1. The normalized spacial score (nSPS) is 11.2. The van der Waals surface area contributed by atoms with Crippen LogP contribution in [-0.4, -0.2) is 18.4 Å². The Morgan fingerprint density at radius 2 is 1.62 bits per heavy atom. The first kappa shape index (κ1) is 22.0.